The highest BCUT2D eigenvalue weighted by atomic mass is 19.3. The van der Waals surface area contributed by atoms with Crippen LogP contribution in [0.25, 0.3) is 0 Å². The Labute approximate surface area is 120 Å². The lowest BCUT2D eigenvalue weighted by Gasteiger charge is -2.23. The Morgan fingerprint density at radius 1 is 1.15 bits per heavy atom. The van der Waals surface area contributed by atoms with Gasteiger partial charge in [-0.1, -0.05) is 45.7 Å². The molecule has 1 aromatic rings. The SMILES string of the molecule is CCNC(CC(CC)CC)c1cccc(OC(F)F)c1. The molecule has 114 valence electrons. The monoisotopic (exact) mass is 285 g/mol. The molecule has 0 fully saturated rings. The van der Waals surface area contributed by atoms with Gasteiger partial charge in [0.15, 0.2) is 0 Å². The Morgan fingerprint density at radius 2 is 1.85 bits per heavy atom. The summed E-state index contributed by atoms with van der Waals surface area (Å²) in [5, 5.41) is 3.44. The molecule has 0 heterocycles. The van der Waals surface area contributed by atoms with Crippen molar-refractivity contribution in [3.05, 3.63) is 29.8 Å². The Kier molecular flexibility index (Phi) is 7.52. The lowest BCUT2D eigenvalue weighted by Crippen LogP contribution is -2.23. The standard InChI is InChI=1S/C16H25F2NO/c1-4-12(5-2)10-15(19-6-3)13-8-7-9-14(11-13)20-16(17)18/h7-9,11-12,15-16,19H,4-6,10H2,1-3H3. The van der Waals surface area contributed by atoms with E-state index < -0.39 is 6.61 Å². The van der Waals surface area contributed by atoms with Crippen LogP contribution in [-0.2, 0) is 0 Å². The van der Waals surface area contributed by atoms with Gasteiger partial charge in [0, 0.05) is 6.04 Å². The summed E-state index contributed by atoms with van der Waals surface area (Å²) < 4.78 is 29.0. The van der Waals surface area contributed by atoms with E-state index in [1.54, 1.807) is 18.2 Å². The van der Waals surface area contributed by atoms with Crippen molar-refractivity contribution in [3.63, 3.8) is 0 Å². The van der Waals surface area contributed by atoms with Gasteiger partial charge >= 0.3 is 6.61 Å². The maximum atomic E-state index is 12.3. The van der Waals surface area contributed by atoms with Crippen molar-refractivity contribution in [3.8, 4) is 5.75 Å². The number of benzene rings is 1. The Hall–Kier alpha value is -1.16. The second-order valence-corrected chi connectivity index (χ2v) is 4.98. The highest BCUT2D eigenvalue weighted by molar-refractivity contribution is 5.30. The molecule has 0 aliphatic heterocycles. The zero-order valence-electron chi connectivity index (χ0n) is 12.5. The van der Waals surface area contributed by atoms with E-state index in [1.165, 1.54) is 0 Å². The highest BCUT2D eigenvalue weighted by Crippen LogP contribution is 2.27. The van der Waals surface area contributed by atoms with Crippen LogP contribution in [0.3, 0.4) is 0 Å². The Balaban J connectivity index is 2.84. The number of alkyl halides is 2. The minimum atomic E-state index is -2.78. The van der Waals surface area contributed by atoms with Crippen LogP contribution in [0.5, 0.6) is 5.75 Å². The zero-order chi connectivity index (χ0) is 15.0. The second kappa shape index (κ2) is 8.90. The first-order chi connectivity index (χ1) is 9.60. The quantitative estimate of drug-likeness (QED) is 0.706. The van der Waals surface area contributed by atoms with Crippen LogP contribution in [0, 0.1) is 5.92 Å². The van der Waals surface area contributed by atoms with Crippen molar-refractivity contribution in [2.45, 2.75) is 52.7 Å². The van der Waals surface area contributed by atoms with Gasteiger partial charge in [0.2, 0.25) is 0 Å². The molecular formula is C16H25F2NO. The van der Waals surface area contributed by atoms with E-state index in [9.17, 15) is 8.78 Å². The first kappa shape index (κ1) is 16.9. The van der Waals surface area contributed by atoms with Crippen LogP contribution in [0.1, 0.15) is 51.6 Å². The van der Waals surface area contributed by atoms with Crippen molar-refractivity contribution in [2.24, 2.45) is 5.92 Å². The molecule has 0 saturated carbocycles. The summed E-state index contributed by atoms with van der Waals surface area (Å²) in [6, 6.07) is 7.20. The predicted molar refractivity (Wildman–Crippen MR) is 78.2 cm³/mol. The first-order valence-corrected chi connectivity index (χ1v) is 7.38. The lowest BCUT2D eigenvalue weighted by molar-refractivity contribution is -0.0499. The van der Waals surface area contributed by atoms with Gasteiger partial charge in [0.1, 0.15) is 5.75 Å². The minimum Gasteiger partial charge on any atom is -0.435 e. The van der Waals surface area contributed by atoms with Gasteiger partial charge in [-0.25, -0.2) is 0 Å². The van der Waals surface area contributed by atoms with Crippen molar-refractivity contribution in [1.82, 2.24) is 5.32 Å². The van der Waals surface area contributed by atoms with Gasteiger partial charge in [-0.2, -0.15) is 8.78 Å². The minimum absolute atomic E-state index is 0.186. The fourth-order valence-corrected chi connectivity index (χ4v) is 2.45. The highest BCUT2D eigenvalue weighted by Gasteiger charge is 2.16. The number of hydrogen-bond donors (Lipinski definition) is 1. The van der Waals surface area contributed by atoms with Crippen molar-refractivity contribution < 1.29 is 13.5 Å². The molecule has 0 aromatic heterocycles. The third-order valence-corrected chi connectivity index (χ3v) is 3.66. The molecule has 0 aliphatic carbocycles. The summed E-state index contributed by atoms with van der Waals surface area (Å²) in [6.07, 6.45) is 3.27. The van der Waals surface area contributed by atoms with Crippen LogP contribution in [0.15, 0.2) is 24.3 Å². The second-order valence-electron chi connectivity index (χ2n) is 4.98. The van der Waals surface area contributed by atoms with Gasteiger partial charge in [0.25, 0.3) is 0 Å². The van der Waals surface area contributed by atoms with Gasteiger partial charge in [0.05, 0.1) is 0 Å². The summed E-state index contributed by atoms with van der Waals surface area (Å²) in [4.78, 5) is 0. The molecule has 0 spiro atoms. The zero-order valence-corrected chi connectivity index (χ0v) is 12.5. The molecule has 0 amide bonds. The predicted octanol–water partition coefficient (Wildman–Crippen LogP) is 4.76. The molecule has 0 saturated heterocycles. The first-order valence-electron chi connectivity index (χ1n) is 7.38. The van der Waals surface area contributed by atoms with Gasteiger partial charge in [-0.15, -0.1) is 0 Å². The van der Waals surface area contributed by atoms with Gasteiger partial charge in [-0.3, -0.25) is 0 Å². The molecular weight excluding hydrogens is 260 g/mol. The summed E-state index contributed by atoms with van der Waals surface area (Å²) in [5.74, 6) is 0.865. The topological polar surface area (TPSA) is 21.3 Å². The molecule has 2 nitrogen and oxygen atoms in total. The number of halogens is 2. The van der Waals surface area contributed by atoms with E-state index >= 15 is 0 Å². The summed E-state index contributed by atoms with van der Waals surface area (Å²) in [5.41, 5.74) is 1.01. The number of rotatable bonds is 9. The van der Waals surface area contributed by atoms with E-state index in [1.807, 2.05) is 6.07 Å². The van der Waals surface area contributed by atoms with E-state index in [0.717, 1.165) is 31.4 Å². The van der Waals surface area contributed by atoms with Gasteiger partial charge < -0.3 is 10.1 Å². The van der Waals surface area contributed by atoms with Gasteiger partial charge in [-0.05, 0) is 36.6 Å². The summed E-state index contributed by atoms with van der Waals surface area (Å²) in [6.45, 7) is 4.51. The van der Waals surface area contributed by atoms with Crippen molar-refractivity contribution in [1.29, 1.82) is 0 Å². The molecule has 1 atom stereocenters. The van der Waals surface area contributed by atoms with E-state index in [2.05, 4.69) is 30.8 Å². The van der Waals surface area contributed by atoms with Crippen LogP contribution in [0.4, 0.5) is 8.78 Å². The molecule has 4 heteroatoms. The van der Waals surface area contributed by atoms with E-state index in [4.69, 9.17) is 0 Å². The molecule has 0 bridgehead atoms. The molecule has 20 heavy (non-hydrogen) atoms. The van der Waals surface area contributed by atoms with E-state index in [-0.39, 0.29) is 11.8 Å². The fourth-order valence-electron chi connectivity index (χ4n) is 2.45. The third kappa shape index (κ3) is 5.45. The third-order valence-electron chi connectivity index (χ3n) is 3.66. The molecule has 1 aromatic carbocycles. The number of ether oxygens (including phenoxy) is 1. The van der Waals surface area contributed by atoms with Crippen LogP contribution in [-0.4, -0.2) is 13.2 Å². The summed E-state index contributed by atoms with van der Waals surface area (Å²) in [7, 11) is 0. The Morgan fingerprint density at radius 3 is 2.40 bits per heavy atom. The maximum absolute atomic E-state index is 12.3. The number of hydrogen-bond acceptors (Lipinski definition) is 2. The lowest BCUT2D eigenvalue weighted by atomic mass is 9.91. The van der Waals surface area contributed by atoms with Crippen LogP contribution < -0.4 is 10.1 Å². The smallest absolute Gasteiger partial charge is 0.387 e. The molecule has 1 unspecified atom stereocenters. The normalized spacial score (nSPS) is 12.9. The van der Waals surface area contributed by atoms with Crippen molar-refractivity contribution >= 4 is 0 Å². The van der Waals surface area contributed by atoms with Crippen LogP contribution in [0.2, 0.25) is 0 Å². The maximum Gasteiger partial charge on any atom is 0.387 e. The molecule has 0 radical (unpaired) electrons. The summed E-state index contributed by atoms with van der Waals surface area (Å²) >= 11 is 0. The van der Waals surface area contributed by atoms with E-state index in [0.29, 0.717) is 5.92 Å². The number of nitrogens with one attached hydrogen (secondary N) is 1. The fraction of sp³-hybridized carbons (Fsp3) is 0.625. The average molecular weight is 285 g/mol. The molecule has 1 N–H and O–H groups in total. The average Bonchev–Trinajstić information content (AvgIpc) is 2.43. The van der Waals surface area contributed by atoms with Crippen LogP contribution >= 0.6 is 0 Å². The van der Waals surface area contributed by atoms with Crippen molar-refractivity contribution in [2.75, 3.05) is 6.54 Å². The molecule has 1 rings (SSSR count). The largest absolute Gasteiger partial charge is 0.435 e. The Bertz CT molecular complexity index is 380. The molecule has 0 aliphatic rings.